The van der Waals surface area contributed by atoms with Gasteiger partial charge in [0.15, 0.2) is 0 Å². The summed E-state index contributed by atoms with van der Waals surface area (Å²) in [5.41, 5.74) is 4.23. The maximum Gasteiger partial charge on any atom is 0.127 e. The van der Waals surface area contributed by atoms with E-state index in [1.54, 1.807) is 0 Å². The van der Waals surface area contributed by atoms with Gasteiger partial charge in [0.1, 0.15) is 5.82 Å². The van der Waals surface area contributed by atoms with Gasteiger partial charge in [-0.15, -0.1) is 0 Å². The summed E-state index contributed by atoms with van der Waals surface area (Å²) in [6, 6.07) is 6.71. The molecule has 0 fully saturated rings. The molecule has 0 unspecified atom stereocenters. The van der Waals surface area contributed by atoms with Crippen molar-refractivity contribution in [2.24, 2.45) is 7.05 Å². The molecular formula is C14H17N3. The first kappa shape index (κ1) is 10.4. The SMILES string of the molecule is Cn1ccnc1CNc1ccc2c(c1)CCC2. The molecular weight excluding hydrogens is 210 g/mol. The zero-order chi connectivity index (χ0) is 11.7. The lowest BCUT2D eigenvalue weighted by Gasteiger charge is -2.08. The second-order valence-electron chi connectivity index (χ2n) is 4.64. The number of rotatable bonds is 3. The highest BCUT2D eigenvalue weighted by molar-refractivity contribution is 5.50. The van der Waals surface area contributed by atoms with Crippen LogP contribution >= 0.6 is 0 Å². The number of fused-ring (bicyclic) bond motifs is 1. The molecule has 1 N–H and O–H groups in total. The molecule has 17 heavy (non-hydrogen) atoms. The summed E-state index contributed by atoms with van der Waals surface area (Å²) in [6.07, 6.45) is 7.58. The first-order valence-electron chi connectivity index (χ1n) is 6.15. The third-order valence-corrected chi connectivity index (χ3v) is 3.47. The van der Waals surface area contributed by atoms with Gasteiger partial charge in [-0.3, -0.25) is 0 Å². The number of hydrogen-bond donors (Lipinski definition) is 1. The highest BCUT2D eigenvalue weighted by Gasteiger charge is 2.10. The van der Waals surface area contributed by atoms with Crippen LogP contribution in [0.25, 0.3) is 0 Å². The van der Waals surface area contributed by atoms with Crippen LogP contribution in [0.5, 0.6) is 0 Å². The Morgan fingerprint density at radius 1 is 1.29 bits per heavy atom. The van der Waals surface area contributed by atoms with Gasteiger partial charge in [-0.05, 0) is 42.5 Å². The predicted molar refractivity (Wildman–Crippen MR) is 69.0 cm³/mol. The molecule has 2 aromatic rings. The van der Waals surface area contributed by atoms with E-state index in [9.17, 15) is 0 Å². The Bertz CT molecular complexity index is 528. The molecule has 0 atom stereocenters. The molecule has 0 spiro atoms. The third kappa shape index (κ3) is 2.05. The van der Waals surface area contributed by atoms with Crippen molar-refractivity contribution in [3.05, 3.63) is 47.5 Å². The molecule has 1 aromatic heterocycles. The first-order valence-corrected chi connectivity index (χ1v) is 6.15. The molecule has 0 saturated heterocycles. The molecule has 0 radical (unpaired) electrons. The largest absolute Gasteiger partial charge is 0.378 e. The Balaban J connectivity index is 1.72. The average Bonchev–Trinajstić information content (AvgIpc) is 2.94. The van der Waals surface area contributed by atoms with Gasteiger partial charge in [-0.1, -0.05) is 6.07 Å². The summed E-state index contributed by atoms with van der Waals surface area (Å²) in [4.78, 5) is 4.30. The smallest absolute Gasteiger partial charge is 0.127 e. The molecule has 3 heteroatoms. The summed E-state index contributed by atoms with van der Waals surface area (Å²) < 4.78 is 2.04. The fourth-order valence-electron chi connectivity index (χ4n) is 2.43. The standard InChI is InChI=1S/C14H17N3/c1-17-8-7-15-14(17)10-16-13-6-5-11-3-2-4-12(11)9-13/h5-9,16H,2-4,10H2,1H3. The fraction of sp³-hybridized carbons (Fsp3) is 0.357. The van der Waals surface area contributed by atoms with E-state index in [2.05, 4.69) is 28.5 Å². The summed E-state index contributed by atoms with van der Waals surface area (Å²) in [5, 5.41) is 3.43. The molecule has 0 saturated carbocycles. The van der Waals surface area contributed by atoms with Crippen molar-refractivity contribution < 1.29 is 0 Å². The third-order valence-electron chi connectivity index (χ3n) is 3.47. The van der Waals surface area contributed by atoms with Crippen molar-refractivity contribution in [3.63, 3.8) is 0 Å². The second kappa shape index (κ2) is 4.24. The van der Waals surface area contributed by atoms with Gasteiger partial charge in [0, 0.05) is 25.1 Å². The fourth-order valence-corrected chi connectivity index (χ4v) is 2.43. The quantitative estimate of drug-likeness (QED) is 0.873. The molecule has 88 valence electrons. The van der Waals surface area contributed by atoms with Crippen molar-refractivity contribution in [1.29, 1.82) is 0 Å². The normalized spacial score (nSPS) is 13.7. The van der Waals surface area contributed by atoms with Gasteiger partial charge in [-0.2, -0.15) is 0 Å². The molecule has 1 aromatic carbocycles. The molecule has 3 nitrogen and oxygen atoms in total. The zero-order valence-electron chi connectivity index (χ0n) is 10.1. The van der Waals surface area contributed by atoms with Crippen LogP contribution in [-0.4, -0.2) is 9.55 Å². The second-order valence-corrected chi connectivity index (χ2v) is 4.64. The molecule has 1 aliphatic rings. The number of nitrogens with one attached hydrogen (secondary N) is 1. The van der Waals surface area contributed by atoms with E-state index in [0.717, 1.165) is 12.4 Å². The van der Waals surface area contributed by atoms with E-state index in [1.165, 1.54) is 36.1 Å². The van der Waals surface area contributed by atoms with Crippen LogP contribution in [0.1, 0.15) is 23.4 Å². The highest BCUT2D eigenvalue weighted by Crippen LogP contribution is 2.24. The predicted octanol–water partition coefficient (Wildman–Crippen LogP) is 2.52. The van der Waals surface area contributed by atoms with Gasteiger partial charge in [0.25, 0.3) is 0 Å². The molecule has 3 rings (SSSR count). The van der Waals surface area contributed by atoms with Crippen molar-refractivity contribution in [2.75, 3.05) is 5.32 Å². The molecule has 0 aliphatic heterocycles. The minimum absolute atomic E-state index is 0.780. The van der Waals surface area contributed by atoms with Crippen LogP contribution in [0.2, 0.25) is 0 Å². The lowest BCUT2D eigenvalue weighted by atomic mass is 10.1. The van der Waals surface area contributed by atoms with E-state index in [-0.39, 0.29) is 0 Å². The highest BCUT2D eigenvalue weighted by atomic mass is 15.1. The Labute approximate surface area is 101 Å². The van der Waals surface area contributed by atoms with Crippen LogP contribution < -0.4 is 5.32 Å². The number of aryl methyl sites for hydroxylation is 3. The van der Waals surface area contributed by atoms with Crippen LogP contribution in [0.15, 0.2) is 30.6 Å². The van der Waals surface area contributed by atoms with Crippen molar-refractivity contribution >= 4 is 5.69 Å². The van der Waals surface area contributed by atoms with E-state index < -0.39 is 0 Å². The Kier molecular flexibility index (Phi) is 2.59. The number of benzene rings is 1. The Morgan fingerprint density at radius 2 is 2.18 bits per heavy atom. The first-order chi connectivity index (χ1) is 8.33. The Hall–Kier alpha value is -1.77. The van der Waals surface area contributed by atoms with Crippen LogP contribution in [0.3, 0.4) is 0 Å². The van der Waals surface area contributed by atoms with E-state index in [1.807, 2.05) is 24.0 Å². The van der Waals surface area contributed by atoms with E-state index >= 15 is 0 Å². The molecule has 1 heterocycles. The van der Waals surface area contributed by atoms with Crippen LogP contribution in [-0.2, 0) is 26.4 Å². The monoisotopic (exact) mass is 227 g/mol. The van der Waals surface area contributed by atoms with E-state index in [4.69, 9.17) is 0 Å². The number of imidazole rings is 1. The van der Waals surface area contributed by atoms with Crippen molar-refractivity contribution in [2.45, 2.75) is 25.8 Å². The van der Waals surface area contributed by atoms with Crippen molar-refractivity contribution in [3.8, 4) is 0 Å². The van der Waals surface area contributed by atoms with E-state index in [0.29, 0.717) is 0 Å². The van der Waals surface area contributed by atoms with Gasteiger partial charge < -0.3 is 9.88 Å². The summed E-state index contributed by atoms with van der Waals surface area (Å²) in [7, 11) is 2.02. The molecule has 0 bridgehead atoms. The maximum absolute atomic E-state index is 4.30. The summed E-state index contributed by atoms with van der Waals surface area (Å²) in [5.74, 6) is 1.06. The lowest BCUT2D eigenvalue weighted by Crippen LogP contribution is -2.05. The maximum atomic E-state index is 4.30. The minimum Gasteiger partial charge on any atom is -0.378 e. The summed E-state index contributed by atoms with van der Waals surface area (Å²) >= 11 is 0. The number of hydrogen-bond acceptors (Lipinski definition) is 2. The van der Waals surface area contributed by atoms with Gasteiger partial charge in [0.2, 0.25) is 0 Å². The zero-order valence-corrected chi connectivity index (χ0v) is 10.1. The van der Waals surface area contributed by atoms with Crippen LogP contribution in [0.4, 0.5) is 5.69 Å². The number of aromatic nitrogens is 2. The van der Waals surface area contributed by atoms with Crippen LogP contribution in [0, 0.1) is 0 Å². The van der Waals surface area contributed by atoms with Gasteiger partial charge in [0.05, 0.1) is 6.54 Å². The molecule has 1 aliphatic carbocycles. The number of anilines is 1. The molecule has 0 amide bonds. The van der Waals surface area contributed by atoms with Gasteiger partial charge >= 0.3 is 0 Å². The summed E-state index contributed by atoms with van der Waals surface area (Å²) in [6.45, 7) is 0.780. The van der Waals surface area contributed by atoms with Gasteiger partial charge in [-0.25, -0.2) is 4.98 Å². The topological polar surface area (TPSA) is 29.9 Å². The number of nitrogens with zero attached hydrogens (tertiary/aromatic N) is 2. The lowest BCUT2D eigenvalue weighted by molar-refractivity contribution is 0.813. The van der Waals surface area contributed by atoms with Crippen molar-refractivity contribution in [1.82, 2.24) is 9.55 Å². The average molecular weight is 227 g/mol. The Morgan fingerprint density at radius 3 is 3.00 bits per heavy atom. The minimum atomic E-state index is 0.780.